The second-order valence-corrected chi connectivity index (χ2v) is 5.30. The molecule has 1 N–H and O–H groups in total. The SMILES string of the molecule is COc1cccc(OC)c1-c1cc(C2=NCCN2)ccc1Cl. The van der Waals surface area contributed by atoms with Crippen molar-refractivity contribution >= 4 is 17.4 Å². The number of methoxy groups -OCH3 is 2. The summed E-state index contributed by atoms with van der Waals surface area (Å²) in [5.41, 5.74) is 2.72. The van der Waals surface area contributed by atoms with E-state index in [-0.39, 0.29) is 0 Å². The molecule has 5 heteroatoms. The minimum atomic E-state index is 0.644. The van der Waals surface area contributed by atoms with E-state index >= 15 is 0 Å². The predicted octanol–water partition coefficient (Wildman–Crippen LogP) is 3.37. The van der Waals surface area contributed by atoms with Gasteiger partial charge in [0.15, 0.2) is 0 Å². The van der Waals surface area contributed by atoms with E-state index < -0.39 is 0 Å². The standard InChI is InChI=1S/C17H17ClN2O2/c1-21-14-4-3-5-15(22-2)16(14)12-10-11(6-7-13(12)18)17-19-8-9-20-17/h3-7,10H,8-9H2,1-2H3,(H,19,20). The first-order valence-corrected chi connectivity index (χ1v) is 7.42. The summed E-state index contributed by atoms with van der Waals surface area (Å²) in [7, 11) is 3.28. The van der Waals surface area contributed by atoms with Crippen molar-refractivity contribution < 1.29 is 9.47 Å². The third-order valence-electron chi connectivity index (χ3n) is 3.61. The summed E-state index contributed by atoms with van der Waals surface area (Å²) < 4.78 is 11.0. The Bertz CT molecular complexity index is 706. The van der Waals surface area contributed by atoms with Crippen molar-refractivity contribution in [3.8, 4) is 22.6 Å². The van der Waals surface area contributed by atoms with Crippen LogP contribution < -0.4 is 14.8 Å². The highest BCUT2D eigenvalue weighted by atomic mass is 35.5. The molecule has 0 fully saturated rings. The first-order chi connectivity index (χ1) is 10.7. The van der Waals surface area contributed by atoms with E-state index in [0.29, 0.717) is 5.02 Å². The fourth-order valence-electron chi connectivity index (χ4n) is 2.57. The maximum Gasteiger partial charge on any atom is 0.130 e. The molecule has 0 amide bonds. The van der Waals surface area contributed by atoms with E-state index in [4.69, 9.17) is 21.1 Å². The predicted molar refractivity (Wildman–Crippen MR) is 89.4 cm³/mol. The number of ether oxygens (including phenoxy) is 2. The summed E-state index contributed by atoms with van der Waals surface area (Å²) in [4.78, 5) is 4.46. The molecule has 0 saturated carbocycles. The fourth-order valence-corrected chi connectivity index (χ4v) is 2.78. The van der Waals surface area contributed by atoms with Gasteiger partial charge in [-0.3, -0.25) is 4.99 Å². The molecule has 0 aromatic heterocycles. The molecule has 0 atom stereocenters. The first-order valence-electron chi connectivity index (χ1n) is 7.04. The second-order valence-electron chi connectivity index (χ2n) is 4.89. The van der Waals surface area contributed by atoms with Crippen molar-refractivity contribution in [2.45, 2.75) is 0 Å². The molecule has 2 aromatic carbocycles. The molecule has 1 heterocycles. The fraction of sp³-hybridized carbons (Fsp3) is 0.235. The first kappa shape index (κ1) is 14.7. The van der Waals surface area contributed by atoms with Crippen LogP contribution in [0.25, 0.3) is 11.1 Å². The highest BCUT2D eigenvalue weighted by molar-refractivity contribution is 6.33. The Morgan fingerprint density at radius 1 is 1.09 bits per heavy atom. The molecule has 114 valence electrons. The van der Waals surface area contributed by atoms with E-state index in [1.807, 2.05) is 36.4 Å². The van der Waals surface area contributed by atoms with E-state index in [1.54, 1.807) is 14.2 Å². The zero-order chi connectivity index (χ0) is 15.5. The number of halogens is 1. The molecule has 2 aromatic rings. The van der Waals surface area contributed by atoms with E-state index in [9.17, 15) is 0 Å². The van der Waals surface area contributed by atoms with Gasteiger partial charge in [0.1, 0.15) is 17.3 Å². The number of hydrogen-bond donors (Lipinski definition) is 1. The van der Waals surface area contributed by atoms with Crippen LogP contribution in [-0.2, 0) is 0 Å². The molecule has 0 saturated heterocycles. The molecule has 1 aliphatic heterocycles. The van der Waals surface area contributed by atoms with Gasteiger partial charge in [0.05, 0.1) is 26.3 Å². The van der Waals surface area contributed by atoms with E-state index in [2.05, 4.69) is 10.3 Å². The molecule has 3 rings (SSSR count). The number of amidine groups is 1. The second kappa shape index (κ2) is 6.28. The third-order valence-corrected chi connectivity index (χ3v) is 3.94. The van der Waals surface area contributed by atoms with Gasteiger partial charge in [0.2, 0.25) is 0 Å². The maximum atomic E-state index is 6.42. The van der Waals surface area contributed by atoms with Gasteiger partial charge < -0.3 is 14.8 Å². The molecule has 4 nitrogen and oxygen atoms in total. The topological polar surface area (TPSA) is 42.9 Å². The molecule has 1 aliphatic rings. The van der Waals surface area contributed by atoms with Gasteiger partial charge in [-0.25, -0.2) is 0 Å². The van der Waals surface area contributed by atoms with Crippen LogP contribution >= 0.6 is 11.6 Å². The average molecular weight is 317 g/mol. The molecule has 22 heavy (non-hydrogen) atoms. The van der Waals surface area contributed by atoms with Crippen molar-refractivity contribution in [3.63, 3.8) is 0 Å². The smallest absolute Gasteiger partial charge is 0.130 e. The minimum Gasteiger partial charge on any atom is -0.496 e. The summed E-state index contributed by atoms with van der Waals surface area (Å²) in [6.07, 6.45) is 0. The van der Waals surface area contributed by atoms with Crippen molar-refractivity contribution in [1.82, 2.24) is 5.32 Å². The van der Waals surface area contributed by atoms with Crippen molar-refractivity contribution in [2.24, 2.45) is 4.99 Å². The summed E-state index contributed by atoms with van der Waals surface area (Å²) >= 11 is 6.42. The molecular weight excluding hydrogens is 300 g/mol. The summed E-state index contributed by atoms with van der Waals surface area (Å²) in [6, 6.07) is 11.5. The van der Waals surface area contributed by atoms with E-state index in [0.717, 1.165) is 47.1 Å². The van der Waals surface area contributed by atoms with E-state index in [1.165, 1.54) is 0 Å². The highest BCUT2D eigenvalue weighted by Gasteiger charge is 2.17. The van der Waals surface area contributed by atoms with Gasteiger partial charge in [-0.15, -0.1) is 0 Å². The van der Waals surface area contributed by atoms with Crippen LogP contribution in [0.1, 0.15) is 5.56 Å². The molecule has 0 aliphatic carbocycles. The Morgan fingerprint density at radius 2 is 1.82 bits per heavy atom. The third kappa shape index (κ3) is 2.62. The quantitative estimate of drug-likeness (QED) is 0.940. The van der Waals surface area contributed by atoms with Crippen LogP contribution in [0.2, 0.25) is 5.02 Å². The Kier molecular flexibility index (Phi) is 4.20. The zero-order valence-corrected chi connectivity index (χ0v) is 13.3. The minimum absolute atomic E-state index is 0.644. The Morgan fingerprint density at radius 3 is 2.41 bits per heavy atom. The van der Waals surface area contributed by atoms with Crippen LogP contribution in [0.5, 0.6) is 11.5 Å². The van der Waals surface area contributed by atoms with Crippen LogP contribution in [0, 0.1) is 0 Å². The number of hydrogen-bond acceptors (Lipinski definition) is 4. The number of benzene rings is 2. The van der Waals surface area contributed by atoms with Gasteiger partial charge in [0, 0.05) is 22.7 Å². The lowest BCUT2D eigenvalue weighted by Crippen LogP contribution is -2.19. The van der Waals surface area contributed by atoms with Gasteiger partial charge in [-0.05, 0) is 30.3 Å². The van der Waals surface area contributed by atoms with Crippen LogP contribution in [0.4, 0.5) is 0 Å². The largest absolute Gasteiger partial charge is 0.496 e. The zero-order valence-electron chi connectivity index (χ0n) is 12.5. The summed E-state index contributed by atoms with van der Waals surface area (Å²) in [6.45, 7) is 1.66. The van der Waals surface area contributed by atoms with Crippen molar-refractivity contribution in [3.05, 3.63) is 47.0 Å². The lowest BCUT2D eigenvalue weighted by atomic mass is 10.0. The molecular formula is C17H17ClN2O2. The van der Waals surface area contributed by atoms with Crippen LogP contribution in [-0.4, -0.2) is 33.1 Å². The summed E-state index contributed by atoms with van der Waals surface area (Å²) in [5.74, 6) is 2.34. The Labute approximate surface area is 134 Å². The maximum absolute atomic E-state index is 6.42. The van der Waals surface area contributed by atoms with Crippen molar-refractivity contribution in [1.29, 1.82) is 0 Å². The number of rotatable bonds is 4. The highest BCUT2D eigenvalue weighted by Crippen LogP contribution is 2.41. The van der Waals surface area contributed by atoms with Gasteiger partial charge in [-0.1, -0.05) is 17.7 Å². The lowest BCUT2D eigenvalue weighted by Gasteiger charge is -2.15. The van der Waals surface area contributed by atoms with Crippen LogP contribution in [0.3, 0.4) is 0 Å². The van der Waals surface area contributed by atoms with Gasteiger partial charge in [-0.2, -0.15) is 0 Å². The molecule has 0 unspecified atom stereocenters. The number of nitrogens with zero attached hydrogens (tertiary/aromatic N) is 1. The molecule has 0 spiro atoms. The Balaban J connectivity index is 2.17. The lowest BCUT2D eigenvalue weighted by molar-refractivity contribution is 0.397. The molecule has 0 bridgehead atoms. The van der Waals surface area contributed by atoms with Crippen LogP contribution in [0.15, 0.2) is 41.4 Å². The number of nitrogens with one attached hydrogen (secondary N) is 1. The van der Waals surface area contributed by atoms with Gasteiger partial charge >= 0.3 is 0 Å². The normalized spacial score (nSPS) is 13.5. The van der Waals surface area contributed by atoms with Gasteiger partial charge in [0.25, 0.3) is 0 Å². The summed E-state index contributed by atoms with van der Waals surface area (Å²) in [5, 5.41) is 3.92. The number of aliphatic imine (C=N–C) groups is 1. The average Bonchev–Trinajstić information content (AvgIpc) is 3.09. The van der Waals surface area contributed by atoms with Crippen molar-refractivity contribution in [2.75, 3.05) is 27.3 Å². The monoisotopic (exact) mass is 316 g/mol. The Hall–Kier alpha value is -2.20. The molecule has 0 radical (unpaired) electrons.